The van der Waals surface area contributed by atoms with Crippen molar-refractivity contribution in [1.82, 2.24) is 4.90 Å². The average molecular weight is 397 g/mol. The maximum Gasteiger partial charge on any atom is 0.278 e. The number of hydrogen-bond acceptors (Lipinski definition) is 7. The molecule has 3 rings (SSSR count). The van der Waals surface area contributed by atoms with Gasteiger partial charge in [-0.1, -0.05) is 0 Å². The van der Waals surface area contributed by atoms with Crippen molar-refractivity contribution in [3.05, 3.63) is 63.8 Å². The van der Waals surface area contributed by atoms with E-state index in [1.165, 1.54) is 38.5 Å². The Morgan fingerprint density at radius 3 is 2.07 bits per heavy atom. The number of nitro groups is 1. The third kappa shape index (κ3) is 3.75. The van der Waals surface area contributed by atoms with Crippen LogP contribution in [0.25, 0.3) is 5.57 Å². The molecule has 0 atom stereocenters. The molecule has 0 saturated heterocycles. The van der Waals surface area contributed by atoms with E-state index < -0.39 is 16.7 Å². The van der Waals surface area contributed by atoms with Crippen molar-refractivity contribution in [2.24, 2.45) is 0 Å². The molecule has 1 heterocycles. The summed E-state index contributed by atoms with van der Waals surface area (Å²) in [6.45, 7) is 1.89. The van der Waals surface area contributed by atoms with Gasteiger partial charge in [0.05, 0.1) is 24.7 Å². The molecule has 0 unspecified atom stereocenters. The summed E-state index contributed by atoms with van der Waals surface area (Å²) in [5.41, 5.74) is 1.03. The second-order valence-corrected chi connectivity index (χ2v) is 6.13. The smallest absolute Gasteiger partial charge is 0.278 e. The Bertz CT molecular complexity index is 991. The zero-order valence-corrected chi connectivity index (χ0v) is 16.1. The number of methoxy groups -OCH3 is 2. The van der Waals surface area contributed by atoms with Crippen molar-refractivity contribution in [3.63, 3.8) is 0 Å². The molecule has 9 nitrogen and oxygen atoms in total. The van der Waals surface area contributed by atoms with Gasteiger partial charge in [0.1, 0.15) is 17.2 Å². The van der Waals surface area contributed by atoms with Crippen molar-refractivity contribution in [1.29, 1.82) is 0 Å². The molecule has 2 aromatic rings. The highest BCUT2D eigenvalue weighted by Gasteiger charge is 2.38. The van der Waals surface area contributed by atoms with E-state index in [0.29, 0.717) is 22.7 Å². The molecule has 0 radical (unpaired) electrons. The van der Waals surface area contributed by atoms with Crippen LogP contribution in [0.5, 0.6) is 11.5 Å². The zero-order chi connectivity index (χ0) is 21.1. The normalized spacial score (nSPS) is 13.7. The van der Waals surface area contributed by atoms with Gasteiger partial charge in [0, 0.05) is 42.6 Å². The van der Waals surface area contributed by atoms with Crippen LogP contribution in [0.15, 0.2) is 48.2 Å². The summed E-state index contributed by atoms with van der Waals surface area (Å²) in [4.78, 5) is 37.2. The lowest BCUT2D eigenvalue weighted by Gasteiger charge is -2.13. The third-order valence-electron chi connectivity index (χ3n) is 4.47. The molecular weight excluding hydrogens is 378 g/mol. The Morgan fingerprint density at radius 1 is 1.00 bits per heavy atom. The van der Waals surface area contributed by atoms with Crippen LogP contribution in [0.2, 0.25) is 0 Å². The number of nitrogens with one attached hydrogen (secondary N) is 1. The monoisotopic (exact) mass is 397 g/mol. The topological polar surface area (TPSA) is 111 Å². The predicted octanol–water partition coefficient (Wildman–Crippen LogP) is 2.82. The van der Waals surface area contributed by atoms with Crippen molar-refractivity contribution in [2.45, 2.75) is 6.92 Å². The number of imide groups is 1. The van der Waals surface area contributed by atoms with E-state index in [-0.39, 0.29) is 23.5 Å². The number of benzene rings is 2. The molecule has 1 N–H and O–H groups in total. The van der Waals surface area contributed by atoms with E-state index >= 15 is 0 Å². The number of carbonyl (C=O) groups is 2. The Morgan fingerprint density at radius 2 is 1.59 bits per heavy atom. The summed E-state index contributed by atoms with van der Waals surface area (Å²) in [6, 6.07) is 10.5. The highest BCUT2D eigenvalue weighted by Crippen LogP contribution is 2.33. The minimum absolute atomic E-state index is 0.0843. The molecule has 0 aromatic heterocycles. The number of rotatable bonds is 7. The average Bonchev–Trinajstić information content (AvgIpc) is 2.96. The van der Waals surface area contributed by atoms with Crippen molar-refractivity contribution in [2.75, 3.05) is 26.1 Å². The van der Waals surface area contributed by atoms with Gasteiger partial charge in [0.25, 0.3) is 17.5 Å². The van der Waals surface area contributed by atoms with Crippen LogP contribution in [0, 0.1) is 10.1 Å². The minimum atomic E-state index is -0.528. The van der Waals surface area contributed by atoms with Gasteiger partial charge in [0.2, 0.25) is 0 Å². The number of ether oxygens (including phenoxy) is 2. The van der Waals surface area contributed by atoms with Crippen molar-refractivity contribution in [3.8, 4) is 11.5 Å². The first kappa shape index (κ1) is 19.9. The van der Waals surface area contributed by atoms with Gasteiger partial charge < -0.3 is 14.8 Å². The van der Waals surface area contributed by atoms with Crippen LogP contribution in [0.4, 0.5) is 11.4 Å². The van der Waals surface area contributed by atoms with Crippen molar-refractivity contribution >= 4 is 28.8 Å². The number of carbonyl (C=O) groups excluding carboxylic acids is 2. The fourth-order valence-electron chi connectivity index (χ4n) is 3.02. The largest absolute Gasteiger partial charge is 0.497 e. The number of hydrogen-bond donors (Lipinski definition) is 1. The predicted molar refractivity (Wildman–Crippen MR) is 106 cm³/mol. The van der Waals surface area contributed by atoms with Crippen LogP contribution >= 0.6 is 0 Å². The Kier molecular flexibility index (Phi) is 5.49. The van der Waals surface area contributed by atoms with Gasteiger partial charge in [0.15, 0.2) is 0 Å². The van der Waals surface area contributed by atoms with Crippen LogP contribution in [0.3, 0.4) is 0 Å². The first-order valence-electron chi connectivity index (χ1n) is 8.75. The maximum absolute atomic E-state index is 12.8. The number of anilines is 1. The lowest BCUT2D eigenvalue weighted by molar-refractivity contribution is -0.384. The van der Waals surface area contributed by atoms with Crippen LogP contribution in [-0.2, 0) is 9.59 Å². The number of non-ortho nitro benzene ring substituents is 1. The SMILES string of the molecule is CCN1C(=O)C(Nc2cc(OC)cc(OC)c2)=C(c2ccc([N+](=O)[O-])cc2)C1=O. The molecule has 2 amide bonds. The first-order valence-corrected chi connectivity index (χ1v) is 8.75. The molecule has 29 heavy (non-hydrogen) atoms. The standard InChI is InChI=1S/C20H19N3O6/c1-4-22-19(24)17(12-5-7-14(8-6-12)23(26)27)18(20(22)25)21-13-9-15(28-2)11-16(10-13)29-3/h5-11,21H,4H2,1-3H3. The van der Waals surface area contributed by atoms with E-state index in [1.807, 2.05) is 0 Å². The van der Waals surface area contributed by atoms with E-state index in [4.69, 9.17) is 9.47 Å². The van der Waals surface area contributed by atoms with Gasteiger partial charge >= 0.3 is 0 Å². The molecule has 0 fully saturated rings. The van der Waals surface area contributed by atoms with E-state index in [0.717, 1.165) is 4.90 Å². The zero-order valence-electron chi connectivity index (χ0n) is 16.1. The first-order chi connectivity index (χ1) is 13.9. The lowest BCUT2D eigenvalue weighted by atomic mass is 10.0. The Balaban J connectivity index is 2.09. The number of nitro benzene ring substituents is 1. The van der Waals surface area contributed by atoms with Crippen LogP contribution < -0.4 is 14.8 Å². The van der Waals surface area contributed by atoms with E-state index in [9.17, 15) is 19.7 Å². The fourth-order valence-corrected chi connectivity index (χ4v) is 3.02. The molecule has 0 spiro atoms. The molecular formula is C20H19N3O6. The van der Waals surface area contributed by atoms with Gasteiger partial charge in [-0.05, 0) is 24.6 Å². The summed E-state index contributed by atoms with van der Waals surface area (Å²) >= 11 is 0. The quantitative estimate of drug-likeness (QED) is 0.434. The molecule has 2 aromatic carbocycles. The van der Waals surface area contributed by atoms with Crippen LogP contribution in [0.1, 0.15) is 12.5 Å². The maximum atomic E-state index is 12.8. The Labute approximate surface area is 166 Å². The molecule has 9 heteroatoms. The third-order valence-corrected chi connectivity index (χ3v) is 4.47. The van der Waals surface area contributed by atoms with Gasteiger partial charge in [-0.25, -0.2) is 0 Å². The van der Waals surface area contributed by atoms with E-state index in [2.05, 4.69) is 5.32 Å². The molecule has 0 aliphatic carbocycles. The molecule has 0 bridgehead atoms. The summed E-state index contributed by atoms with van der Waals surface area (Å²) in [6.07, 6.45) is 0. The van der Waals surface area contributed by atoms with Crippen molar-refractivity contribution < 1.29 is 24.0 Å². The second-order valence-electron chi connectivity index (χ2n) is 6.13. The summed E-state index contributed by atoms with van der Waals surface area (Å²) < 4.78 is 10.5. The highest BCUT2D eigenvalue weighted by atomic mass is 16.6. The van der Waals surface area contributed by atoms with Gasteiger partial charge in [-0.3, -0.25) is 24.6 Å². The summed E-state index contributed by atoms with van der Waals surface area (Å²) in [7, 11) is 3.01. The summed E-state index contributed by atoms with van der Waals surface area (Å²) in [5, 5.41) is 13.9. The molecule has 150 valence electrons. The fraction of sp³-hybridized carbons (Fsp3) is 0.200. The van der Waals surface area contributed by atoms with Crippen LogP contribution in [-0.4, -0.2) is 42.4 Å². The summed E-state index contributed by atoms with van der Waals surface area (Å²) in [5.74, 6) is 0.0678. The molecule has 1 aliphatic rings. The van der Waals surface area contributed by atoms with Gasteiger partial charge in [-0.2, -0.15) is 0 Å². The molecule has 0 saturated carbocycles. The lowest BCUT2D eigenvalue weighted by Crippen LogP contribution is -2.32. The van der Waals surface area contributed by atoms with E-state index in [1.54, 1.807) is 25.1 Å². The number of amides is 2. The number of likely N-dealkylation sites (N-methyl/N-ethyl adjacent to an activating group) is 1. The molecule has 1 aliphatic heterocycles. The second kappa shape index (κ2) is 8.01. The Hall–Kier alpha value is -3.88. The van der Waals surface area contributed by atoms with Gasteiger partial charge in [-0.15, -0.1) is 0 Å². The highest BCUT2D eigenvalue weighted by molar-refractivity contribution is 6.36. The number of nitrogens with zero attached hydrogens (tertiary/aromatic N) is 2. The minimum Gasteiger partial charge on any atom is -0.497 e.